The van der Waals surface area contributed by atoms with Gasteiger partial charge in [0, 0.05) is 39.0 Å². The van der Waals surface area contributed by atoms with Crippen LogP contribution in [0.4, 0.5) is 0 Å². The number of carbonyl (C=O) groups excluding carboxylic acids is 1. The third-order valence-corrected chi connectivity index (χ3v) is 7.15. The molecule has 0 amide bonds. The smallest absolute Gasteiger partial charge is 0.0748 e. The first-order valence-electron chi connectivity index (χ1n) is 9.87. The van der Waals surface area contributed by atoms with E-state index in [1.807, 2.05) is 30.3 Å². The number of hydrogen-bond donors (Lipinski definition) is 2. The van der Waals surface area contributed by atoms with E-state index < -0.39 is 24.6 Å². The Labute approximate surface area is 184 Å². The molecular weight excluding hydrogens is 416 g/mol. The summed E-state index contributed by atoms with van der Waals surface area (Å²) in [5, 5.41) is 32.8. The number of thiophene rings is 2. The van der Waals surface area contributed by atoms with Crippen LogP contribution in [0, 0.1) is 0 Å². The lowest BCUT2D eigenvalue weighted by Crippen LogP contribution is -2.29. The maximum Gasteiger partial charge on any atom is 0.0748 e. The van der Waals surface area contributed by atoms with Crippen LogP contribution in [0.5, 0.6) is 0 Å². The first kappa shape index (κ1) is 22.4. The molecule has 2 aromatic heterocycles. The van der Waals surface area contributed by atoms with Crippen LogP contribution in [-0.2, 0) is 4.79 Å². The van der Waals surface area contributed by atoms with E-state index in [0.29, 0.717) is 5.92 Å². The van der Waals surface area contributed by atoms with Gasteiger partial charge in [-0.1, -0.05) is 62.4 Å². The van der Waals surface area contributed by atoms with Gasteiger partial charge in [-0.3, -0.25) is 0 Å². The molecule has 0 saturated carbocycles. The summed E-state index contributed by atoms with van der Waals surface area (Å²) in [7, 11) is 0. The highest BCUT2D eigenvalue weighted by atomic mass is 32.1. The molecule has 3 rings (SSSR count). The van der Waals surface area contributed by atoms with Crippen molar-refractivity contribution in [2.24, 2.45) is 0 Å². The minimum Gasteiger partial charge on any atom is -0.550 e. The molecule has 4 nitrogen and oxygen atoms in total. The number of aliphatic hydroxyl groups is 2. The molecule has 2 heterocycles. The molecule has 30 heavy (non-hydrogen) atoms. The van der Waals surface area contributed by atoms with E-state index >= 15 is 0 Å². The Morgan fingerprint density at radius 3 is 2.47 bits per heavy atom. The molecule has 0 fully saturated rings. The van der Waals surface area contributed by atoms with Gasteiger partial charge in [-0.15, -0.1) is 22.7 Å². The van der Waals surface area contributed by atoms with Gasteiger partial charge in [-0.05, 0) is 28.5 Å². The van der Waals surface area contributed by atoms with Crippen LogP contribution in [0.1, 0.15) is 43.0 Å². The number of carboxylic acid groups (broad SMARTS) is 1. The van der Waals surface area contributed by atoms with Gasteiger partial charge in [0.1, 0.15) is 0 Å². The number of carboxylic acids is 1. The average molecular weight is 442 g/mol. The van der Waals surface area contributed by atoms with Crippen molar-refractivity contribution in [3.05, 3.63) is 64.4 Å². The van der Waals surface area contributed by atoms with E-state index in [9.17, 15) is 20.1 Å². The van der Waals surface area contributed by atoms with Crippen LogP contribution in [0.3, 0.4) is 0 Å². The third-order valence-electron chi connectivity index (χ3n) is 4.70. The monoisotopic (exact) mass is 441 g/mol. The van der Waals surface area contributed by atoms with Gasteiger partial charge in [0.2, 0.25) is 0 Å². The molecule has 0 saturated heterocycles. The number of rotatable bonds is 9. The summed E-state index contributed by atoms with van der Waals surface area (Å²) < 4.78 is 0. The summed E-state index contributed by atoms with van der Waals surface area (Å²) in [5.74, 6) is -1.03. The van der Waals surface area contributed by atoms with E-state index in [2.05, 4.69) is 37.4 Å². The minimum atomic E-state index is -1.33. The molecule has 0 aliphatic heterocycles. The largest absolute Gasteiger partial charge is 0.550 e. The second kappa shape index (κ2) is 10.2. The molecule has 2 atom stereocenters. The number of aliphatic carboxylic acids is 1. The molecule has 6 heteroatoms. The highest BCUT2D eigenvalue weighted by Crippen LogP contribution is 2.47. The van der Waals surface area contributed by atoms with Gasteiger partial charge in [-0.2, -0.15) is 0 Å². The van der Waals surface area contributed by atoms with Crippen molar-refractivity contribution in [1.82, 2.24) is 0 Å². The Balaban J connectivity index is 2.02. The van der Waals surface area contributed by atoms with Crippen molar-refractivity contribution < 1.29 is 20.1 Å². The predicted octanol–water partition coefficient (Wildman–Crippen LogP) is 4.53. The fourth-order valence-electron chi connectivity index (χ4n) is 3.35. The Kier molecular flexibility index (Phi) is 7.61. The minimum absolute atomic E-state index is 0.0501. The maximum absolute atomic E-state index is 10.6. The lowest BCUT2D eigenvalue weighted by atomic mass is 9.98. The Morgan fingerprint density at radius 2 is 1.87 bits per heavy atom. The van der Waals surface area contributed by atoms with Crippen molar-refractivity contribution in [2.75, 3.05) is 0 Å². The van der Waals surface area contributed by atoms with Crippen LogP contribution in [0.2, 0.25) is 0 Å². The van der Waals surface area contributed by atoms with E-state index in [1.165, 1.54) is 9.75 Å². The number of aliphatic hydroxyl groups excluding tert-OH is 2. The maximum atomic E-state index is 10.6. The SMILES string of the molecule is CC(C)c1sc(-c2ccccc2)c(-c2cccs2)c1/C=C/[C@@H](O)C[C@@H](O)CC(=O)[O-]. The van der Waals surface area contributed by atoms with Gasteiger partial charge >= 0.3 is 0 Å². The Bertz CT molecular complexity index is 988. The highest BCUT2D eigenvalue weighted by molar-refractivity contribution is 7.18. The second-order valence-electron chi connectivity index (χ2n) is 7.47. The summed E-state index contributed by atoms with van der Waals surface area (Å²) in [4.78, 5) is 14.2. The lowest BCUT2D eigenvalue weighted by molar-refractivity contribution is -0.307. The summed E-state index contributed by atoms with van der Waals surface area (Å²) in [6.07, 6.45) is 0.918. The Morgan fingerprint density at radius 1 is 1.13 bits per heavy atom. The number of benzene rings is 1. The van der Waals surface area contributed by atoms with Crippen LogP contribution < -0.4 is 5.11 Å². The van der Waals surface area contributed by atoms with Crippen LogP contribution in [0.15, 0.2) is 53.9 Å². The molecule has 0 aliphatic rings. The van der Waals surface area contributed by atoms with Gasteiger partial charge in [0.25, 0.3) is 0 Å². The Hall–Kier alpha value is -2.25. The lowest BCUT2D eigenvalue weighted by Gasteiger charge is -2.13. The topological polar surface area (TPSA) is 80.6 Å². The van der Waals surface area contributed by atoms with Crippen molar-refractivity contribution in [1.29, 1.82) is 0 Å². The predicted molar refractivity (Wildman–Crippen MR) is 122 cm³/mol. The molecule has 1 aromatic carbocycles. The van der Waals surface area contributed by atoms with E-state index in [4.69, 9.17) is 0 Å². The normalized spacial score (nSPS) is 13.8. The van der Waals surface area contributed by atoms with Crippen molar-refractivity contribution >= 4 is 34.7 Å². The fourth-order valence-corrected chi connectivity index (χ4v) is 5.52. The van der Waals surface area contributed by atoms with Crippen LogP contribution in [0.25, 0.3) is 27.0 Å². The quantitative estimate of drug-likeness (QED) is 0.511. The van der Waals surface area contributed by atoms with E-state index in [0.717, 1.165) is 21.6 Å². The van der Waals surface area contributed by atoms with Gasteiger partial charge in [0.05, 0.1) is 12.2 Å². The first-order chi connectivity index (χ1) is 14.4. The fraction of sp³-hybridized carbons (Fsp3) is 0.292. The summed E-state index contributed by atoms with van der Waals surface area (Å²) in [5.41, 5.74) is 3.35. The second-order valence-corrected chi connectivity index (χ2v) is 9.47. The number of hydrogen-bond acceptors (Lipinski definition) is 6. The molecule has 158 valence electrons. The molecular formula is C24H25O4S2-. The van der Waals surface area contributed by atoms with Gasteiger partial charge in [0.15, 0.2) is 0 Å². The molecule has 0 radical (unpaired) electrons. The zero-order chi connectivity index (χ0) is 21.7. The molecule has 0 bridgehead atoms. The molecule has 3 aromatic rings. The molecule has 0 unspecified atom stereocenters. The summed E-state index contributed by atoms with van der Waals surface area (Å²) >= 11 is 3.43. The standard InChI is InChI=1S/C24H26O4S2/c1-15(2)23-19(11-10-17(25)13-18(26)14-21(27)28)22(20-9-6-12-29-20)24(30-23)16-7-4-3-5-8-16/h3-12,15,17-18,25-26H,13-14H2,1-2H3,(H,27,28)/p-1/b11-10+/t17-,18-/m1/s1. The van der Waals surface area contributed by atoms with E-state index in [1.54, 1.807) is 28.7 Å². The average Bonchev–Trinajstić information content (AvgIpc) is 3.33. The highest BCUT2D eigenvalue weighted by Gasteiger charge is 2.22. The van der Waals surface area contributed by atoms with Crippen LogP contribution >= 0.6 is 22.7 Å². The van der Waals surface area contributed by atoms with Crippen molar-refractivity contribution in [2.45, 2.75) is 44.8 Å². The van der Waals surface area contributed by atoms with Crippen molar-refractivity contribution in [3.63, 3.8) is 0 Å². The van der Waals surface area contributed by atoms with Crippen molar-refractivity contribution in [3.8, 4) is 20.9 Å². The zero-order valence-electron chi connectivity index (χ0n) is 16.9. The van der Waals surface area contributed by atoms with E-state index in [-0.39, 0.29) is 6.42 Å². The third kappa shape index (κ3) is 5.46. The van der Waals surface area contributed by atoms with Gasteiger partial charge in [-0.25, -0.2) is 0 Å². The molecule has 0 spiro atoms. The summed E-state index contributed by atoms with van der Waals surface area (Å²) in [6.45, 7) is 4.30. The zero-order valence-corrected chi connectivity index (χ0v) is 18.6. The molecule has 2 N–H and O–H groups in total. The molecule has 0 aliphatic carbocycles. The summed E-state index contributed by atoms with van der Waals surface area (Å²) in [6, 6.07) is 14.4. The van der Waals surface area contributed by atoms with Crippen LogP contribution in [-0.4, -0.2) is 28.4 Å². The van der Waals surface area contributed by atoms with Gasteiger partial charge < -0.3 is 20.1 Å². The first-order valence-corrected chi connectivity index (χ1v) is 11.6. The number of carbonyl (C=O) groups is 1.